The summed E-state index contributed by atoms with van der Waals surface area (Å²) >= 11 is 0. The molecule has 0 aliphatic carbocycles. The van der Waals surface area contributed by atoms with Crippen molar-refractivity contribution in [2.24, 2.45) is 10.7 Å². The Labute approximate surface area is 73.3 Å². The van der Waals surface area contributed by atoms with Crippen LogP contribution in [-0.4, -0.2) is 18.0 Å². The van der Waals surface area contributed by atoms with Gasteiger partial charge in [0, 0.05) is 11.8 Å². The van der Waals surface area contributed by atoms with E-state index in [-0.39, 0.29) is 5.54 Å². The van der Waals surface area contributed by atoms with Crippen molar-refractivity contribution < 1.29 is 4.74 Å². The van der Waals surface area contributed by atoms with Gasteiger partial charge in [-0.25, -0.2) is 4.99 Å². The molecule has 68 valence electrons. The molecule has 0 bridgehead atoms. The molecule has 3 heteroatoms. The van der Waals surface area contributed by atoms with Gasteiger partial charge in [-0.15, -0.1) is 0 Å². The topological polar surface area (TPSA) is 47.6 Å². The molecule has 1 aliphatic rings. The highest BCUT2D eigenvalue weighted by atomic mass is 16.5. The molecule has 0 unspecified atom stereocenters. The van der Waals surface area contributed by atoms with Crippen LogP contribution in [0.15, 0.2) is 16.8 Å². The van der Waals surface area contributed by atoms with Gasteiger partial charge in [0.05, 0.1) is 5.54 Å². The SMILES string of the molecule is CCC(N)=CC1=NC(C)(C)CO1. The summed E-state index contributed by atoms with van der Waals surface area (Å²) in [6, 6.07) is 0. The zero-order chi connectivity index (χ0) is 9.19. The molecule has 2 N–H and O–H groups in total. The van der Waals surface area contributed by atoms with Crippen LogP contribution in [0.1, 0.15) is 27.2 Å². The van der Waals surface area contributed by atoms with E-state index in [2.05, 4.69) is 4.99 Å². The lowest BCUT2D eigenvalue weighted by molar-refractivity contribution is 0.280. The number of ether oxygens (including phenoxy) is 1. The standard InChI is InChI=1S/C9H16N2O/c1-4-7(10)5-8-11-9(2,3)6-12-8/h5H,4,6,10H2,1-3H3. The number of hydrogen-bond donors (Lipinski definition) is 1. The number of nitrogens with two attached hydrogens (primary N) is 1. The molecule has 0 saturated heterocycles. The zero-order valence-electron chi connectivity index (χ0n) is 7.92. The summed E-state index contributed by atoms with van der Waals surface area (Å²) in [5, 5.41) is 0. The van der Waals surface area contributed by atoms with Crippen molar-refractivity contribution >= 4 is 5.90 Å². The molecule has 12 heavy (non-hydrogen) atoms. The Bertz CT molecular complexity index is 229. The third-order valence-electron chi connectivity index (χ3n) is 1.70. The average molecular weight is 168 g/mol. The molecule has 0 radical (unpaired) electrons. The Balaban J connectivity index is 2.68. The van der Waals surface area contributed by atoms with E-state index >= 15 is 0 Å². The van der Waals surface area contributed by atoms with Crippen LogP contribution in [0.5, 0.6) is 0 Å². The normalized spacial score (nSPS) is 21.9. The Hall–Kier alpha value is -0.990. The second kappa shape index (κ2) is 3.17. The van der Waals surface area contributed by atoms with Crippen molar-refractivity contribution in [2.45, 2.75) is 32.7 Å². The first-order valence-electron chi connectivity index (χ1n) is 4.22. The quantitative estimate of drug-likeness (QED) is 0.678. The van der Waals surface area contributed by atoms with E-state index in [1.807, 2.05) is 20.8 Å². The lowest BCUT2D eigenvalue weighted by Crippen LogP contribution is -2.17. The summed E-state index contributed by atoms with van der Waals surface area (Å²) in [6.07, 6.45) is 2.64. The fraction of sp³-hybridized carbons (Fsp3) is 0.667. The van der Waals surface area contributed by atoms with Crippen LogP contribution in [-0.2, 0) is 4.74 Å². The van der Waals surface area contributed by atoms with E-state index in [0.717, 1.165) is 12.1 Å². The summed E-state index contributed by atoms with van der Waals surface area (Å²) in [7, 11) is 0. The predicted octanol–water partition coefficient (Wildman–Crippen LogP) is 1.45. The Morgan fingerprint density at radius 1 is 1.75 bits per heavy atom. The maximum atomic E-state index is 5.64. The smallest absolute Gasteiger partial charge is 0.211 e. The maximum Gasteiger partial charge on any atom is 0.211 e. The first-order chi connectivity index (χ1) is 5.53. The second-order valence-corrected chi connectivity index (χ2v) is 3.62. The van der Waals surface area contributed by atoms with Gasteiger partial charge in [-0.2, -0.15) is 0 Å². The van der Waals surface area contributed by atoms with Crippen LogP contribution < -0.4 is 5.73 Å². The number of allylic oxidation sites excluding steroid dienone is 1. The molecular weight excluding hydrogens is 152 g/mol. The summed E-state index contributed by atoms with van der Waals surface area (Å²) in [5.74, 6) is 0.666. The van der Waals surface area contributed by atoms with Gasteiger partial charge in [0.15, 0.2) is 0 Å². The van der Waals surface area contributed by atoms with E-state index in [1.165, 1.54) is 0 Å². The van der Waals surface area contributed by atoms with Crippen molar-refractivity contribution in [3.63, 3.8) is 0 Å². The molecule has 1 heterocycles. The fourth-order valence-corrected chi connectivity index (χ4v) is 0.948. The van der Waals surface area contributed by atoms with E-state index in [1.54, 1.807) is 6.08 Å². The van der Waals surface area contributed by atoms with Crippen molar-refractivity contribution in [1.82, 2.24) is 0 Å². The van der Waals surface area contributed by atoms with Gasteiger partial charge >= 0.3 is 0 Å². The number of rotatable bonds is 2. The molecule has 0 aromatic carbocycles. The molecule has 0 spiro atoms. The molecule has 3 nitrogen and oxygen atoms in total. The highest BCUT2D eigenvalue weighted by Gasteiger charge is 2.24. The maximum absolute atomic E-state index is 5.64. The largest absolute Gasteiger partial charge is 0.475 e. The van der Waals surface area contributed by atoms with Crippen LogP contribution in [0.2, 0.25) is 0 Å². The van der Waals surface area contributed by atoms with Gasteiger partial charge in [0.1, 0.15) is 6.61 Å². The third kappa shape index (κ3) is 2.26. The van der Waals surface area contributed by atoms with E-state index in [4.69, 9.17) is 10.5 Å². The molecule has 0 amide bonds. The summed E-state index contributed by atoms with van der Waals surface area (Å²) in [4.78, 5) is 4.35. The zero-order valence-corrected chi connectivity index (χ0v) is 7.92. The number of nitrogens with zero attached hydrogens (tertiary/aromatic N) is 1. The van der Waals surface area contributed by atoms with Crippen molar-refractivity contribution in [1.29, 1.82) is 0 Å². The number of hydrogen-bond acceptors (Lipinski definition) is 3. The predicted molar refractivity (Wildman–Crippen MR) is 50.0 cm³/mol. The molecule has 0 saturated carbocycles. The van der Waals surface area contributed by atoms with Crippen molar-refractivity contribution in [3.8, 4) is 0 Å². The first-order valence-corrected chi connectivity index (χ1v) is 4.22. The Morgan fingerprint density at radius 3 is 2.83 bits per heavy atom. The van der Waals surface area contributed by atoms with Crippen LogP contribution >= 0.6 is 0 Å². The first kappa shape index (κ1) is 9.10. The molecular formula is C9H16N2O. The molecule has 0 aromatic heterocycles. The molecule has 1 aliphatic heterocycles. The summed E-state index contributed by atoms with van der Waals surface area (Å²) in [6.45, 7) is 6.73. The Kier molecular flexibility index (Phi) is 2.40. The van der Waals surface area contributed by atoms with Crippen LogP contribution in [0.25, 0.3) is 0 Å². The minimum absolute atomic E-state index is 0.0835. The molecule has 1 rings (SSSR count). The molecule has 0 aromatic rings. The minimum atomic E-state index is -0.0835. The van der Waals surface area contributed by atoms with Crippen LogP contribution in [0, 0.1) is 0 Å². The van der Waals surface area contributed by atoms with Gasteiger partial charge in [-0.1, -0.05) is 6.92 Å². The van der Waals surface area contributed by atoms with Gasteiger partial charge in [-0.3, -0.25) is 0 Å². The van der Waals surface area contributed by atoms with Gasteiger partial charge in [0.25, 0.3) is 0 Å². The van der Waals surface area contributed by atoms with Crippen molar-refractivity contribution in [3.05, 3.63) is 11.8 Å². The lowest BCUT2D eigenvalue weighted by Gasteiger charge is -2.07. The monoisotopic (exact) mass is 168 g/mol. The average Bonchev–Trinajstić information content (AvgIpc) is 2.30. The van der Waals surface area contributed by atoms with E-state index < -0.39 is 0 Å². The van der Waals surface area contributed by atoms with Crippen molar-refractivity contribution in [2.75, 3.05) is 6.61 Å². The Morgan fingerprint density at radius 2 is 2.42 bits per heavy atom. The highest BCUT2D eigenvalue weighted by molar-refractivity contribution is 5.89. The lowest BCUT2D eigenvalue weighted by atomic mass is 10.1. The summed E-state index contributed by atoms with van der Waals surface area (Å²) < 4.78 is 5.33. The van der Waals surface area contributed by atoms with Gasteiger partial charge in [0.2, 0.25) is 5.90 Å². The second-order valence-electron chi connectivity index (χ2n) is 3.62. The fourth-order valence-electron chi connectivity index (χ4n) is 0.948. The minimum Gasteiger partial charge on any atom is -0.475 e. The highest BCUT2D eigenvalue weighted by Crippen LogP contribution is 2.17. The molecule has 0 fully saturated rings. The van der Waals surface area contributed by atoms with Gasteiger partial charge < -0.3 is 10.5 Å². The number of aliphatic imine (C=N–C) groups is 1. The van der Waals surface area contributed by atoms with E-state index in [0.29, 0.717) is 12.5 Å². The summed E-state index contributed by atoms with van der Waals surface area (Å²) in [5.41, 5.74) is 6.37. The van der Waals surface area contributed by atoms with Crippen LogP contribution in [0.4, 0.5) is 0 Å². The van der Waals surface area contributed by atoms with Gasteiger partial charge in [-0.05, 0) is 20.3 Å². The van der Waals surface area contributed by atoms with E-state index in [9.17, 15) is 0 Å². The third-order valence-corrected chi connectivity index (χ3v) is 1.70. The molecule has 0 atom stereocenters. The van der Waals surface area contributed by atoms with Crippen LogP contribution in [0.3, 0.4) is 0 Å².